The Morgan fingerprint density at radius 2 is 2.10 bits per heavy atom. The molecule has 0 bridgehead atoms. The summed E-state index contributed by atoms with van der Waals surface area (Å²) >= 11 is 0. The largest absolute Gasteiger partial charge is 0.497 e. The van der Waals surface area contributed by atoms with Gasteiger partial charge >= 0.3 is 0 Å². The minimum Gasteiger partial charge on any atom is -0.497 e. The van der Waals surface area contributed by atoms with Crippen LogP contribution >= 0.6 is 0 Å². The van der Waals surface area contributed by atoms with Crippen molar-refractivity contribution in [2.45, 2.75) is 32.2 Å². The number of hydrogen-bond donors (Lipinski definition) is 2. The topological polar surface area (TPSA) is 67.4 Å². The lowest BCUT2D eigenvalue weighted by Crippen LogP contribution is -2.23. The summed E-state index contributed by atoms with van der Waals surface area (Å²) in [5.74, 6) is 0.858. The van der Waals surface area contributed by atoms with Gasteiger partial charge in [-0.1, -0.05) is 0 Å². The van der Waals surface area contributed by atoms with Crippen molar-refractivity contribution in [2.24, 2.45) is 0 Å². The molecule has 1 aliphatic rings. The van der Waals surface area contributed by atoms with Gasteiger partial charge in [-0.3, -0.25) is 4.72 Å². The van der Waals surface area contributed by atoms with Gasteiger partial charge in [-0.05, 0) is 56.5 Å². The van der Waals surface area contributed by atoms with Gasteiger partial charge in [0.25, 0.3) is 0 Å². The number of rotatable bonds is 8. The quantitative estimate of drug-likeness (QED) is 0.719. The molecule has 0 unspecified atom stereocenters. The summed E-state index contributed by atoms with van der Waals surface area (Å²) in [6.07, 6.45) is 3.06. The van der Waals surface area contributed by atoms with E-state index in [1.54, 1.807) is 19.2 Å². The van der Waals surface area contributed by atoms with Gasteiger partial charge in [0, 0.05) is 6.04 Å². The molecule has 1 fully saturated rings. The number of sulfonamides is 1. The number of hydrogen-bond acceptors (Lipinski definition) is 4. The molecule has 2 N–H and O–H groups in total. The van der Waals surface area contributed by atoms with E-state index in [1.165, 1.54) is 12.8 Å². The van der Waals surface area contributed by atoms with Gasteiger partial charge in [0.05, 0.1) is 18.6 Å². The Labute approximate surface area is 120 Å². The molecule has 5 nitrogen and oxygen atoms in total. The van der Waals surface area contributed by atoms with Crippen molar-refractivity contribution in [3.05, 3.63) is 23.8 Å². The lowest BCUT2D eigenvalue weighted by Gasteiger charge is -2.11. The van der Waals surface area contributed by atoms with E-state index in [0.717, 1.165) is 17.9 Å². The second-order valence-corrected chi connectivity index (χ2v) is 7.03. The highest BCUT2D eigenvalue weighted by atomic mass is 32.2. The summed E-state index contributed by atoms with van der Waals surface area (Å²) in [7, 11) is -1.70. The van der Waals surface area contributed by atoms with Crippen LogP contribution in [0, 0.1) is 6.92 Å². The lowest BCUT2D eigenvalue weighted by atomic mass is 10.2. The van der Waals surface area contributed by atoms with Crippen LogP contribution in [0.5, 0.6) is 5.75 Å². The third kappa shape index (κ3) is 4.68. The Morgan fingerprint density at radius 3 is 2.70 bits per heavy atom. The molecular formula is C14H22N2O3S. The minimum atomic E-state index is -3.29. The van der Waals surface area contributed by atoms with Crippen molar-refractivity contribution >= 4 is 15.7 Å². The van der Waals surface area contributed by atoms with Crippen LogP contribution in [0.4, 0.5) is 5.69 Å². The molecule has 6 heteroatoms. The molecule has 20 heavy (non-hydrogen) atoms. The zero-order valence-corrected chi connectivity index (χ0v) is 12.8. The summed E-state index contributed by atoms with van der Waals surface area (Å²) in [5, 5.41) is 3.31. The minimum absolute atomic E-state index is 0.137. The highest BCUT2D eigenvalue weighted by Gasteiger charge is 2.20. The van der Waals surface area contributed by atoms with Gasteiger partial charge in [0.1, 0.15) is 5.75 Å². The Hall–Kier alpha value is -1.27. The molecule has 1 aromatic carbocycles. The van der Waals surface area contributed by atoms with Crippen LogP contribution < -0.4 is 14.8 Å². The Bertz CT molecular complexity index is 554. The normalized spacial score (nSPS) is 15.1. The van der Waals surface area contributed by atoms with Crippen molar-refractivity contribution in [3.8, 4) is 5.75 Å². The molecule has 112 valence electrons. The fourth-order valence-electron chi connectivity index (χ4n) is 1.95. The zero-order chi connectivity index (χ0) is 14.6. The average Bonchev–Trinajstić information content (AvgIpc) is 3.21. The standard InChI is InChI=1S/C14H22N2O3S/c1-11-10-13(19-2)6-7-14(11)16-20(17,18)9-3-8-15-12-4-5-12/h6-7,10,12,15-16H,3-5,8-9H2,1-2H3. The SMILES string of the molecule is COc1ccc(NS(=O)(=O)CCCNC2CC2)c(C)c1. The highest BCUT2D eigenvalue weighted by Crippen LogP contribution is 2.22. The van der Waals surface area contributed by atoms with E-state index in [1.807, 2.05) is 13.0 Å². The average molecular weight is 298 g/mol. The van der Waals surface area contributed by atoms with Gasteiger partial charge in [-0.25, -0.2) is 8.42 Å². The smallest absolute Gasteiger partial charge is 0.232 e. The first-order valence-corrected chi connectivity index (χ1v) is 8.54. The van der Waals surface area contributed by atoms with E-state index in [-0.39, 0.29) is 5.75 Å². The summed E-state index contributed by atoms with van der Waals surface area (Å²) in [6.45, 7) is 2.61. The summed E-state index contributed by atoms with van der Waals surface area (Å²) in [6, 6.07) is 5.91. The number of anilines is 1. The van der Waals surface area contributed by atoms with E-state index >= 15 is 0 Å². The summed E-state index contributed by atoms with van der Waals surface area (Å²) in [4.78, 5) is 0. The third-order valence-corrected chi connectivity index (χ3v) is 4.66. The van der Waals surface area contributed by atoms with E-state index in [9.17, 15) is 8.42 Å². The molecule has 0 aromatic heterocycles. The zero-order valence-electron chi connectivity index (χ0n) is 12.0. The molecule has 0 radical (unpaired) electrons. The predicted octanol–water partition coefficient (Wildman–Crippen LogP) is 1.89. The maximum absolute atomic E-state index is 12.0. The van der Waals surface area contributed by atoms with Crippen LogP contribution in [0.3, 0.4) is 0 Å². The number of benzene rings is 1. The lowest BCUT2D eigenvalue weighted by molar-refractivity contribution is 0.414. The molecule has 1 aliphatic carbocycles. The fourth-order valence-corrected chi connectivity index (χ4v) is 3.14. The number of methoxy groups -OCH3 is 1. The third-order valence-electron chi connectivity index (χ3n) is 3.30. The second kappa shape index (κ2) is 6.45. The van der Waals surface area contributed by atoms with Crippen LogP contribution in [0.2, 0.25) is 0 Å². The molecular weight excluding hydrogens is 276 g/mol. The molecule has 0 heterocycles. The van der Waals surface area contributed by atoms with Gasteiger partial charge in [0.2, 0.25) is 10.0 Å². The predicted molar refractivity (Wildman–Crippen MR) is 80.8 cm³/mol. The first-order valence-electron chi connectivity index (χ1n) is 6.89. The Morgan fingerprint density at radius 1 is 1.35 bits per heavy atom. The molecule has 0 amide bonds. The van der Waals surface area contributed by atoms with Crippen molar-refractivity contribution in [1.82, 2.24) is 5.32 Å². The monoisotopic (exact) mass is 298 g/mol. The van der Waals surface area contributed by atoms with E-state index < -0.39 is 10.0 Å². The summed E-state index contributed by atoms with van der Waals surface area (Å²) < 4.78 is 31.7. The molecule has 1 saturated carbocycles. The first-order chi connectivity index (χ1) is 9.50. The molecule has 0 saturated heterocycles. The molecule has 0 aliphatic heterocycles. The van der Waals surface area contributed by atoms with Crippen molar-refractivity contribution in [2.75, 3.05) is 24.1 Å². The summed E-state index contributed by atoms with van der Waals surface area (Å²) in [5.41, 5.74) is 1.46. The van der Waals surface area contributed by atoms with Crippen molar-refractivity contribution < 1.29 is 13.2 Å². The van der Waals surface area contributed by atoms with Crippen molar-refractivity contribution in [3.63, 3.8) is 0 Å². The van der Waals surface area contributed by atoms with Gasteiger partial charge in [0.15, 0.2) is 0 Å². The number of nitrogens with one attached hydrogen (secondary N) is 2. The van der Waals surface area contributed by atoms with Gasteiger partial charge in [-0.2, -0.15) is 0 Å². The maximum Gasteiger partial charge on any atom is 0.232 e. The van der Waals surface area contributed by atoms with Crippen LogP contribution in [-0.4, -0.2) is 33.9 Å². The number of ether oxygens (including phenoxy) is 1. The fraction of sp³-hybridized carbons (Fsp3) is 0.571. The molecule has 2 rings (SSSR count). The van der Waals surface area contributed by atoms with Gasteiger partial charge < -0.3 is 10.1 Å². The maximum atomic E-state index is 12.0. The van der Waals surface area contributed by atoms with Crippen LogP contribution in [0.1, 0.15) is 24.8 Å². The highest BCUT2D eigenvalue weighted by molar-refractivity contribution is 7.92. The molecule has 0 atom stereocenters. The van der Waals surface area contributed by atoms with Crippen LogP contribution in [0.15, 0.2) is 18.2 Å². The van der Waals surface area contributed by atoms with Crippen LogP contribution in [-0.2, 0) is 10.0 Å². The van der Waals surface area contributed by atoms with E-state index in [4.69, 9.17) is 4.74 Å². The van der Waals surface area contributed by atoms with Crippen LogP contribution in [0.25, 0.3) is 0 Å². The van der Waals surface area contributed by atoms with Crippen molar-refractivity contribution in [1.29, 1.82) is 0 Å². The Kier molecular flexibility index (Phi) is 4.88. The van der Waals surface area contributed by atoms with Gasteiger partial charge in [-0.15, -0.1) is 0 Å². The second-order valence-electron chi connectivity index (χ2n) is 5.18. The van der Waals surface area contributed by atoms with E-state index in [0.29, 0.717) is 18.2 Å². The number of aryl methyl sites for hydroxylation is 1. The molecule has 1 aromatic rings. The first kappa shape index (κ1) is 15.1. The molecule has 0 spiro atoms. The van der Waals surface area contributed by atoms with E-state index in [2.05, 4.69) is 10.0 Å². The Balaban J connectivity index is 1.86.